The van der Waals surface area contributed by atoms with E-state index in [0.717, 1.165) is 5.01 Å². The molecule has 110 valence electrons. The third-order valence-electron chi connectivity index (χ3n) is 3.53. The second-order valence-electron chi connectivity index (χ2n) is 4.88. The Morgan fingerprint density at radius 2 is 2.38 bits per heavy atom. The summed E-state index contributed by atoms with van der Waals surface area (Å²) in [6, 6.07) is 5.42. The molecule has 1 fully saturated rings. The summed E-state index contributed by atoms with van der Waals surface area (Å²) < 4.78 is 5.74. The number of aryl methyl sites for hydroxylation is 1. The van der Waals surface area contributed by atoms with Crippen LogP contribution in [0, 0.1) is 17.0 Å². The van der Waals surface area contributed by atoms with E-state index in [0.29, 0.717) is 30.9 Å². The maximum absolute atomic E-state index is 11.3. The molecular formula is C14H15N3O3S. The van der Waals surface area contributed by atoms with E-state index in [1.807, 2.05) is 16.3 Å². The van der Waals surface area contributed by atoms with Crippen LogP contribution in [0.4, 0.5) is 11.4 Å². The highest BCUT2D eigenvalue weighted by atomic mass is 32.1. The molecule has 1 saturated heterocycles. The molecule has 7 heteroatoms. The van der Waals surface area contributed by atoms with E-state index in [2.05, 4.69) is 4.98 Å². The van der Waals surface area contributed by atoms with Crippen LogP contribution in [0.2, 0.25) is 0 Å². The van der Waals surface area contributed by atoms with Crippen LogP contribution in [0.15, 0.2) is 29.8 Å². The molecule has 0 amide bonds. The van der Waals surface area contributed by atoms with Crippen LogP contribution in [0.1, 0.15) is 16.7 Å². The average molecular weight is 305 g/mol. The maximum Gasteiger partial charge on any atom is 0.295 e. The zero-order valence-corrected chi connectivity index (χ0v) is 12.4. The molecule has 1 aliphatic heterocycles. The van der Waals surface area contributed by atoms with Gasteiger partial charge in [0.2, 0.25) is 0 Å². The van der Waals surface area contributed by atoms with E-state index in [9.17, 15) is 10.1 Å². The number of hydrogen-bond acceptors (Lipinski definition) is 6. The van der Waals surface area contributed by atoms with Crippen LogP contribution in [0.25, 0.3) is 0 Å². The van der Waals surface area contributed by atoms with E-state index in [4.69, 9.17) is 4.74 Å². The summed E-state index contributed by atoms with van der Waals surface area (Å²) in [7, 11) is 0. The predicted octanol–water partition coefficient (Wildman–Crippen LogP) is 2.94. The summed E-state index contributed by atoms with van der Waals surface area (Å²) in [4.78, 5) is 17.3. The third kappa shape index (κ3) is 2.74. The molecule has 0 aliphatic carbocycles. The third-order valence-corrected chi connectivity index (χ3v) is 4.40. The lowest BCUT2D eigenvalue weighted by atomic mass is 10.1. The SMILES string of the molecule is Cc1cccc(N2CCO[C@H](c3nccs3)C2)c1[N+](=O)[O-]. The summed E-state index contributed by atoms with van der Waals surface area (Å²) in [5, 5.41) is 14.2. The van der Waals surface area contributed by atoms with Gasteiger partial charge < -0.3 is 9.64 Å². The van der Waals surface area contributed by atoms with Gasteiger partial charge >= 0.3 is 0 Å². The molecule has 21 heavy (non-hydrogen) atoms. The number of rotatable bonds is 3. The van der Waals surface area contributed by atoms with E-state index in [1.54, 1.807) is 36.6 Å². The molecule has 2 aromatic rings. The number of nitro benzene ring substituents is 1. The molecular weight excluding hydrogens is 290 g/mol. The number of morpholine rings is 1. The van der Waals surface area contributed by atoms with E-state index in [-0.39, 0.29) is 16.7 Å². The Bertz CT molecular complexity index is 645. The van der Waals surface area contributed by atoms with Crippen molar-refractivity contribution in [1.82, 2.24) is 4.98 Å². The molecule has 0 unspecified atom stereocenters. The highest BCUT2D eigenvalue weighted by Gasteiger charge is 2.28. The van der Waals surface area contributed by atoms with Crippen molar-refractivity contribution in [2.24, 2.45) is 0 Å². The Morgan fingerprint density at radius 3 is 3.10 bits per heavy atom. The molecule has 6 nitrogen and oxygen atoms in total. The first-order valence-electron chi connectivity index (χ1n) is 6.67. The molecule has 3 rings (SSSR count). The van der Waals surface area contributed by atoms with Crippen LogP contribution in [0.5, 0.6) is 0 Å². The molecule has 1 atom stereocenters. The Kier molecular flexibility index (Phi) is 3.85. The number of para-hydroxylation sites is 1. The fraction of sp³-hybridized carbons (Fsp3) is 0.357. The van der Waals surface area contributed by atoms with Gasteiger partial charge in [0, 0.05) is 23.7 Å². The fourth-order valence-electron chi connectivity index (χ4n) is 2.55. The number of nitrogens with zero attached hydrogens (tertiary/aromatic N) is 3. The van der Waals surface area contributed by atoms with Crippen molar-refractivity contribution in [3.63, 3.8) is 0 Å². The second-order valence-corrected chi connectivity index (χ2v) is 5.80. The summed E-state index contributed by atoms with van der Waals surface area (Å²) in [6.07, 6.45) is 1.62. The number of ether oxygens (including phenoxy) is 1. The summed E-state index contributed by atoms with van der Waals surface area (Å²) in [5.74, 6) is 0. The number of benzene rings is 1. The second kappa shape index (κ2) is 5.79. The van der Waals surface area contributed by atoms with Gasteiger partial charge in [0.05, 0.1) is 18.1 Å². The maximum atomic E-state index is 11.3. The summed E-state index contributed by atoms with van der Waals surface area (Å²) in [5.41, 5.74) is 1.51. The fourth-order valence-corrected chi connectivity index (χ4v) is 3.22. The van der Waals surface area contributed by atoms with Crippen LogP contribution >= 0.6 is 11.3 Å². The zero-order chi connectivity index (χ0) is 14.8. The van der Waals surface area contributed by atoms with Crippen molar-refractivity contribution in [3.8, 4) is 0 Å². The first-order chi connectivity index (χ1) is 10.2. The van der Waals surface area contributed by atoms with Gasteiger partial charge in [-0.1, -0.05) is 12.1 Å². The highest BCUT2D eigenvalue weighted by Crippen LogP contribution is 2.34. The van der Waals surface area contributed by atoms with Crippen LogP contribution in [-0.4, -0.2) is 29.6 Å². The Hall–Kier alpha value is -1.99. The molecule has 0 N–H and O–H groups in total. The van der Waals surface area contributed by atoms with Crippen molar-refractivity contribution >= 4 is 22.7 Å². The molecule has 0 radical (unpaired) electrons. The first-order valence-corrected chi connectivity index (χ1v) is 7.54. The normalized spacial score (nSPS) is 18.7. The van der Waals surface area contributed by atoms with Gasteiger partial charge in [-0.25, -0.2) is 4.98 Å². The Balaban J connectivity index is 1.90. The van der Waals surface area contributed by atoms with Crippen molar-refractivity contribution in [2.45, 2.75) is 13.0 Å². The van der Waals surface area contributed by atoms with Crippen molar-refractivity contribution in [3.05, 3.63) is 50.5 Å². The molecule has 2 heterocycles. The van der Waals surface area contributed by atoms with Gasteiger partial charge in [0.25, 0.3) is 5.69 Å². The minimum absolute atomic E-state index is 0.126. The van der Waals surface area contributed by atoms with Gasteiger partial charge in [-0.05, 0) is 13.0 Å². The molecule has 0 spiro atoms. The number of nitro groups is 1. The van der Waals surface area contributed by atoms with Gasteiger partial charge in [-0.2, -0.15) is 0 Å². The largest absolute Gasteiger partial charge is 0.367 e. The lowest BCUT2D eigenvalue weighted by Crippen LogP contribution is -2.38. The topological polar surface area (TPSA) is 68.5 Å². The van der Waals surface area contributed by atoms with Crippen molar-refractivity contribution in [2.75, 3.05) is 24.6 Å². The Labute approximate surface area is 126 Å². The average Bonchev–Trinajstić information content (AvgIpc) is 3.01. The number of aromatic nitrogens is 1. The highest BCUT2D eigenvalue weighted by molar-refractivity contribution is 7.09. The van der Waals surface area contributed by atoms with Crippen LogP contribution < -0.4 is 4.90 Å². The van der Waals surface area contributed by atoms with Crippen molar-refractivity contribution < 1.29 is 9.66 Å². The summed E-state index contributed by atoms with van der Waals surface area (Å²) in [6.45, 7) is 3.53. The first kappa shape index (κ1) is 14.0. The summed E-state index contributed by atoms with van der Waals surface area (Å²) >= 11 is 1.54. The number of thiazole rings is 1. The minimum Gasteiger partial charge on any atom is -0.367 e. The van der Waals surface area contributed by atoms with Crippen LogP contribution in [0.3, 0.4) is 0 Å². The van der Waals surface area contributed by atoms with Crippen molar-refractivity contribution in [1.29, 1.82) is 0 Å². The molecule has 0 saturated carbocycles. The smallest absolute Gasteiger partial charge is 0.295 e. The molecule has 1 aliphatic rings. The monoisotopic (exact) mass is 305 g/mol. The molecule has 1 aromatic heterocycles. The van der Waals surface area contributed by atoms with E-state index in [1.165, 1.54) is 0 Å². The quantitative estimate of drug-likeness (QED) is 0.644. The van der Waals surface area contributed by atoms with Gasteiger partial charge in [0.15, 0.2) is 0 Å². The standard InChI is InChI=1S/C14H15N3O3S/c1-10-3-2-4-11(13(10)17(18)19)16-6-7-20-12(9-16)14-15-5-8-21-14/h2-5,8,12H,6-7,9H2,1H3/t12-/m0/s1. The number of anilines is 1. The predicted molar refractivity (Wildman–Crippen MR) is 80.9 cm³/mol. The van der Waals surface area contributed by atoms with E-state index >= 15 is 0 Å². The van der Waals surface area contributed by atoms with Crippen LogP contribution in [-0.2, 0) is 4.74 Å². The van der Waals surface area contributed by atoms with Gasteiger partial charge in [0.1, 0.15) is 16.8 Å². The molecule has 1 aromatic carbocycles. The lowest BCUT2D eigenvalue weighted by Gasteiger charge is -2.33. The van der Waals surface area contributed by atoms with E-state index < -0.39 is 0 Å². The lowest BCUT2D eigenvalue weighted by molar-refractivity contribution is -0.384. The van der Waals surface area contributed by atoms with Gasteiger partial charge in [-0.15, -0.1) is 11.3 Å². The zero-order valence-electron chi connectivity index (χ0n) is 11.6. The number of hydrogen-bond donors (Lipinski definition) is 0. The Morgan fingerprint density at radius 1 is 1.52 bits per heavy atom. The molecule has 0 bridgehead atoms. The minimum atomic E-state index is -0.307. The van der Waals surface area contributed by atoms with Gasteiger partial charge in [-0.3, -0.25) is 10.1 Å².